The molecule has 4 atom stereocenters. The second kappa shape index (κ2) is 8.19. The van der Waals surface area contributed by atoms with E-state index in [9.17, 15) is 18.0 Å². The van der Waals surface area contributed by atoms with Crippen molar-refractivity contribution in [3.63, 3.8) is 0 Å². The predicted molar refractivity (Wildman–Crippen MR) is 97.7 cm³/mol. The van der Waals surface area contributed by atoms with Crippen LogP contribution in [-0.2, 0) is 11.3 Å². The molecule has 0 radical (unpaired) electrons. The normalized spacial score (nSPS) is 26.2. The van der Waals surface area contributed by atoms with Gasteiger partial charge in [0.25, 0.3) is 0 Å². The van der Waals surface area contributed by atoms with Gasteiger partial charge >= 0.3 is 6.30 Å². The maximum absolute atomic E-state index is 13.3. The fourth-order valence-electron chi connectivity index (χ4n) is 4.51. The van der Waals surface area contributed by atoms with Gasteiger partial charge in [-0.25, -0.2) is 5.32 Å². The van der Waals surface area contributed by atoms with E-state index in [0.29, 0.717) is 18.4 Å². The van der Waals surface area contributed by atoms with Gasteiger partial charge in [0.1, 0.15) is 0 Å². The molecular weight excluding hydrogens is 355 g/mol. The largest absolute Gasteiger partial charge is 0.457 e. The zero-order valence-corrected chi connectivity index (χ0v) is 15.8. The lowest BCUT2D eigenvalue weighted by Gasteiger charge is -2.37. The number of hydrogen-bond donors (Lipinski definition) is 2. The fraction of sp³-hybridized carbons (Fsp3) is 0.650. The summed E-state index contributed by atoms with van der Waals surface area (Å²) in [5, 5.41) is 4.97. The average Bonchev–Trinajstić information content (AvgIpc) is 3.21. The molecule has 2 N–H and O–H groups in total. The molecule has 0 spiro atoms. The molecule has 7 heteroatoms. The molecule has 1 saturated carbocycles. The zero-order chi connectivity index (χ0) is 19.6. The first-order valence-electron chi connectivity index (χ1n) is 9.66. The molecule has 0 bridgehead atoms. The number of carbonyl (C=O) groups excluding carboxylic acids is 1. The van der Waals surface area contributed by atoms with Crippen molar-refractivity contribution in [2.75, 3.05) is 13.1 Å². The van der Waals surface area contributed by atoms with E-state index >= 15 is 0 Å². The van der Waals surface area contributed by atoms with Crippen LogP contribution in [0.1, 0.15) is 32.3 Å². The van der Waals surface area contributed by atoms with E-state index in [1.165, 1.54) is 0 Å². The van der Waals surface area contributed by atoms with Gasteiger partial charge in [-0.3, -0.25) is 4.79 Å². The van der Waals surface area contributed by atoms with Crippen molar-refractivity contribution in [1.82, 2.24) is 15.5 Å². The van der Waals surface area contributed by atoms with Crippen molar-refractivity contribution < 1.29 is 18.0 Å². The highest BCUT2D eigenvalue weighted by molar-refractivity contribution is 5.82. The van der Waals surface area contributed by atoms with Gasteiger partial charge in [0.15, 0.2) is 0 Å². The smallest absolute Gasteiger partial charge is 0.334 e. The van der Waals surface area contributed by atoms with E-state index in [0.717, 1.165) is 31.5 Å². The lowest BCUT2D eigenvalue weighted by molar-refractivity contribution is -0.176. The molecule has 2 fully saturated rings. The molecule has 1 aliphatic carbocycles. The number of rotatable bonds is 6. The van der Waals surface area contributed by atoms with Crippen LogP contribution in [0.4, 0.5) is 13.2 Å². The molecule has 1 aromatic rings. The molecule has 1 heterocycles. The third kappa shape index (κ3) is 4.82. The molecule has 4 nitrogen and oxygen atoms in total. The molecular formula is C20H28F3N3O. The second-order valence-corrected chi connectivity index (χ2v) is 8.04. The topological polar surface area (TPSA) is 44.4 Å². The van der Waals surface area contributed by atoms with Crippen molar-refractivity contribution >= 4 is 5.91 Å². The van der Waals surface area contributed by atoms with E-state index in [2.05, 4.69) is 5.32 Å². The summed E-state index contributed by atoms with van der Waals surface area (Å²) in [7, 11) is 0. The number of halogens is 3. The van der Waals surface area contributed by atoms with Gasteiger partial charge in [0.05, 0.1) is 6.04 Å². The van der Waals surface area contributed by atoms with Crippen LogP contribution in [0.3, 0.4) is 0 Å². The Labute approximate surface area is 158 Å². The summed E-state index contributed by atoms with van der Waals surface area (Å²) in [6.07, 6.45) is -2.72. The minimum Gasteiger partial charge on any atom is -0.334 e. The first-order chi connectivity index (χ1) is 12.8. The molecule has 1 aromatic carbocycles. The standard InChI is InChI=1S/C20H28F3N3O/c1-13(2)18(25-20(21,22)23)19(27)26(12-14-6-4-3-5-7-14)17-9-8-15-10-24-11-16(15)17/h3-7,13,15-18,24-25H,8-12H2,1-2H3/t15?,16?,17?,18-/m0/s1. The van der Waals surface area contributed by atoms with E-state index in [4.69, 9.17) is 0 Å². The minimum atomic E-state index is -4.59. The molecule has 150 valence electrons. The number of alkyl halides is 3. The van der Waals surface area contributed by atoms with E-state index in [1.54, 1.807) is 24.1 Å². The molecule has 1 saturated heterocycles. The number of fused-ring (bicyclic) bond motifs is 1. The molecule has 27 heavy (non-hydrogen) atoms. The van der Waals surface area contributed by atoms with Crippen LogP contribution < -0.4 is 10.6 Å². The lowest BCUT2D eigenvalue weighted by atomic mass is 9.94. The molecule has 3 rings (SSSR count). The monoisotopic (exact) mass is 383 g/mol. The maximum atomic E-state index is 13.3. The fourth-order valence-corrected chi connectivity index (χ4v) is 4.51. The Balaban J connectivity index is 1.86. The van der Waals surface area contributed by atoms with E-state index in [1.807, 2.05) is 30.3 Å². The van der Waals surface area contributed by atoms with Crippen LogP contribution in [0, 0.1) is 17.8 Å². The van der Waals surface area contributed by atoms with Crippen molar-refractivity contribution in [1.29, 1.82) is 0 Å². The van der Waals surface area contributed by atoms with Gasteiger partial charge in [0, 0.05) is 19.1 Å². The first-order valence-corrected chi connectivity index (χ1v) is 9.66. The van der Waals surface area contributed by atoms with Crippen molar-refractivity contribution in [3.8, 4) is 0 Å². The Hall–Kier alpha value is -1.60. The number of nitrogens with zero attached hydrogens (tertiary/aromatic N) is 1. The predicted octanol–water partition coefficient (Wildman–Crippen LogP) is 3.15. The van der Waals surface area contributed by atoms with Gasteiger partial charge in [-0.15, -0.1) is 0 Å². The first kappa shape index (κ1) is 20.1. The summed E-state index contributed by atoms with van der Waals surface area (Å²) in [4.78, 5) is 15.0. The van der Waals surface area contributed by atoms with Crippen LogP contribution in [0.2, 0.25) is 0 Å². The molecule has 0 aromatic heterocycles. The zero-order valence-electron chi connectivity index (χ0n) is 15.8. The molecule has 1 aliphatic heterocycles. The second-order valence-electron chi connectivity index (χ2n) is 8.04. The van der Waals surface area contributed by atoms with Crippen LogP contribution >= 0.6 is 0 Å². The van der Waals surface area contributed by atoms with Gasteiger partial charge < -0.3 is 10.2 Å². The third-order valence-electron chi connectivity index (χ3n) is 5.85. The molecule has 2 aliphatic rings. The maximum Gasteiger partial charge on any atom is 0.457 e. The van der Waals surface area contributed by atoms with Crippen LogP contribution in [0.15, 0.2) is 30.3 Å². The van der Waals surface area contributed by atoms with Gasteiger partial charge in [-0.2, -0.15) is 13.2 Å². The summed E-state index contributed by atoms with van der Waals surface area (Å²) >= 11 is 0. The highest BCUT2D eigenvalue weighted by atomic mass is 19.4. The van der Waals surface area contributed by atoms with E-state index in [-0.39, 0.29) is 6.04 Å². The van der Waals surface area contributed by atoms with Crippen LogP contribution in [0.25, 0.3) is 0 Å². The Morgan fingerprint density at radius 3 is 2.56 bits per heavy atom. The lowest BCUT2D eigenvalue weighted by Crippen LogP contribution is -2.56. The van der Waals surface area contributed by atoms with E-state index < -0.39 is 24.2 Å². The summed E-state index contributed by atoms with van der Waals surface area (Å²) in [5.74, 6) is -0.0921. The Bertz CT molecular complexity index is 635. The van der Waals surface area contributed by atoms with Crippen LogP contribution in [-0.4, -0.2) is 42.3 Å². The van der Waals surface area contributed by atoms with Crippen molar-refractivity contribution in [2.24, 2.45) is 17.8 Å². The number of amides is 1. The average molecular weight is 383 g/mol. The Morgan fingerprint density at radius 2 is 1.93 bits per heavy atom. The summed E-state index contributed by atoms with van der Waals surface area (Å²) < 4.78 is 39.1. The molecule has 1 amide bonds. The quantitative estimate of drug-likeness (QED) is 0.742. The summed E-state index contributed by atoms with van der Waals surface area (Å²) in [6, 6.07) is 8.21. The minimum absolute atomic E-state index is 0.0195. The van der Waals surface area contributed by atoms with Gasteiger partial charge in [-0.05, 0) is 42.7 Å². The number of hydrogen-bond acceptors (Lipinski definition) is 3. The SMILES string of the molecule is CC(C)[C@H](NC(F)(F)F)C(=O)N(Cc1ccccc1)C1CCC2CNCC21. The van der Waals surface area contributed by atoms with Crippen molar-refractivity contribution in [2.45, 2.75) is 51.6 Å². The van der Waals surface area contributed by atoms with Crippen molar-refractivity contribution in [3.05, 3.63) is 35.9 Å². The Kier molecular flexibility index (Phi) is 6.11. The number of benzene rings is 1. The van der Waals surface area contributed by atoms with Gasteiger partial charge in [-0.1, -0.05) is 44.2 Å². The highest BCUT2D eigenvalue weighted by Crippen LogP contribution is 2.38. The van der Waals surface area contributed by atoms with Crippen LogP contribution in [0.5, 0.6) is 0 Å². The number of carbonyl (C=O) groups is 1. The summed E-state index contributed by atoms with van der Waals surface area (Å²) in [5.41, 5.74) is 0.940. The highest BCUT2D eigenvalue weighted by Gasteiger charge is 2.46. The third-order valence-corrected chi connectivity index (χ3v) is 5.85. The number of nitrogens with one attached hydrogen (secondary N) is 2. The summed E-state index contributed by atoms with van der Waals surface area (Å²) in [6.45, 7) is 5.40. The Morgan fingerprint density at radius 1 is 1.22 bits per heavy atom. The van der Waals surface area contributed by atoms with Gasteiger partial charge in [0.2, 0.25) is 5.91 Å². The molecule has 3 unspecified atom stereocenters.